The van der Waals surface area contributed by atoms with Crippen LogP contribution in [0.2, 0.25) is 0 Å². The fourth-order valence-corrected chi connectivity index (χ4v) is 2.09. The van der Waals surface area contributed by atoms with Crippen molar-refractivity contribution in [1.29, 1.82) is 0 Å². The monoisotopic (exact) mass is 334 g/mol. The van der Waals surface area contributed by atoms with E-state index < -0.39 is 5.97 Å². The maximum Gasteiger partial charge on any atom is 0.308 e. The quantitative estimate of drug-likeness (QED) is 0.296. The molecule has 0 aliphatic rings. The minimum absolute atomic E-state index is 0.142. The number of unbranched alkanes of at least 4 members (excludes halogenated alkanes) is 3. The maximum absolute atomic E-state index is 11.8. The third-order valence-electron chi connectivity index (χ3n) is 3.30. The Morgan fingerprint density at radius 2 is 1.92 bits per heavy atom. The smallest absolute Gasteiger partial charge is 0.308 e. The minimum atomic E-state index is -0.414. The van der Waals surface area contributed by atoms with Crippen molar-refractivity contribution in [2.75, 3.05) is 20.2 Å². The Labute approximate surface area is 143 Å². The van der Waals surface area contributed by atoms with E-state index in [4.69, 9.17) is 15.2 Å². The Morgan fingerprint density at radius 3 is 2.58 bits per heavy atom. The molecule has 0 heterocycles. The summed E-state index contributed by atoms with van der Waals surface area (Å²) in [5.74, 6) is 0.232. The molecule has 1 rings (SSSR count). The van der Waals surface area contributed by atoms with Crippen molar-refractivity contribution in [3.05, 3.63) is 29.8 Å². The Bertz CT molecular complexity index is 570. The second-order valence-corrected chi connectivity index (χ2v) is 5.33. The summed E-state index contributed by atoms with van der Waals surface area (Å²) < 4.78 is 10.2. The van der Waals surface area contributed by atoms with Crippen molar-refractivity contribution < 1.29 is 19.1 Å². The average molecular weight is 334 g/mol. The number of nitrogens with two attached hydrogens (primary N) is 1. The van der Waals surface area contributed by atoms with Gasteiger partial charge in [0, 0.05) is 19.5 Å². The summed E-state index contributed by atoms with van der Waals surface area (Å²) in [4.78, 5) is 22.8. The van der Waals surface area contributed by atoms with Gasteiger partial charge < -0.3 is 20.5 Å². The second kappa shape index (κ2) is 11.2. The van der Waals surface area contributed by atoms with Crippen LogP contribution in [0.15, 0.2) is 24.3 Å². The van der Waals surface area contributed by atoms with E-state index in [1.807, 2.05) is 0 Å². The number of nitrogens with one attached hydrogen (secondary N) is 1. The molecule has 0 fully saturated rings. The highest BCUT2D eigenvalue weighted by Gasteiger charge is 2.07. The number of benzene rings is 1. The SMILES string of the molecule is COc1cc(C=CC(=O)NCCCCCCN)ccc1OC(C)=O. The zero-order chi connectivity index (χ0) is 17.8. The van der Waals surface area contributed by atoms with Crippen LogP contribution in [0.5, 0.6) is 11.5 Å². The number of ether oxygens (including phenoxy) is 2. The molecule has 0 aliphatic carbocycles. The lowest BCUT2D eigenvalue weighted by Gasteiger charge is -2.08. The molecule has 1 aromatic rings. The van der Waals surface area contributed by atoms with Gasteiger partial charge in [-0.3, -0.25) is 9.59 Å². The van der Waals surface area contributed by atoms with E-state index in [2.05, 4.69) is 5.32 Å². The number of hydrogen-bond donors (Lipinski definition) is 2. The summed E-state index contributed by atoms with van der Waals surface area (Å²) >= 11 is 0. The lowest BCUT2D eigenvalue weighted by molar-refractivity contribution is -0.132. The Morgan fingerprint density at radius 1 is 1.17 bits per heavy atom. The van der Waals surface area contributed by atoms with Crippen LogP contribution in [0.1, 0.15) is 38.2 Å². The van der Waals surface area contributed by atoms with Gasteiger partial charge in [0.1, 0.15) is 0 Å². The summed E-state index contributed by atoms with van der Waals surface area (Å²) in [5, 5.41) is 2.84. The Balaban J connectivity index is 2.48. The molecule has 0 aromatic heterocycles. The van der Waals surface area contributed by atoms with E-state index in [1.165, 1.54) is 20.1 Å². The average Bonchev–Trinajstić information content (AvgIpc) is 2.56. The van der Waals surface area contributed by atoms with Crippen LogP contribution in [-0.4, -0.2) is 32.1 Å². The molecule has 24 heavy (non-hydrogen) atoms. The van der Waals surface area contributed by atoms with Gasteiger partial charge in [-0.2, -0.15) is 0 Å². The lowest BCUT2D eigenvalue weighted by Crippen LogP contribution is -2.22. The van der Waals surface area contributed by atoms with E-state index in [9.17, 15) is 9.59 Å². The molecule has 1 amide bonds. The van der Waals surface area contributed by atoms with Gasteiger partial charge in [-0.25, -0.2) is 0 Å². The normalized spacial score (nSPS) is 10.6. The van der Waals surface area contributed by atoms with E-state index in [0.717, 1.165) is 37.8 Å². The first kappa shape index (κ1) is 19.7. The number of carbonyl (C=O) groups is 2. The first-order valence-corrected chi connectivity index (χ1v) is 8.09. The van der Waals surface area contributed by atoms with Gasteiger partial charge in [-0.15, -0.1) is 0 Å². The fraction of sp³-hybridized carbons (Fsp3) is 0.444. The maximum atomic E-state index is 11.8. The Kier molecular flexibility index (Phi) is 9.23. The van der Waals surface area contributed by atoms with Crippen molar-refractivity contribution in [3.63, 3.8) is 0 Å². The number of methoxy groups -OCH3 is 1. The molecule has 0 spiro atoms. The second-order valence-electron chi connectivity index (χ2n) is 5.33. The molecule has 1 aromatic carbocycles. The van der Waals surface area contributed by atoms with Crippen LogP contribution in [-0.2, 0) is 9.59 Å². The van der Waals surface area contributed by atoms with E-state index in [1.54, 1.807) is 24.3 Å². The Hall–Kier alpha value is -2.34. The topological polar surface area (TPSA) is 90.7 Å². The van der Waals surface area contributed by atoms with Gasteiger partial charge in [-0.05, 0) is 43.2 Å². The van der Waals surface area contributed by atoms with Crippen molar-refractivity contribution >= 4 is 18.0 Å². The molecule has 0 saturated carbocycles. The third-order valence-corrected chi connectivity index (χ3v) is 3.30. The number of rotatable bonds is 10. The first-order valence-electron chi connectivity index (χ1n) is 8.09. The molecule has 6 nitrogen and oxygen atoms in total. The molecule has 132 valence electrons. The highest BCUT2D eigenvalue weighted by molar-refractivity contribution is 5.91. The molecule has 0 atom stereocenters. The zero-order valence-corrected chi connectivity index (χ0v) is 14.3. The predicted molar refractivity (Wildman–Crippen MR) is 93.9 cm³/mol. The van der Waals surface area contributed by atoms with Gasteiger partial charge in [-0.1, -0.05) is 18.9 Å². The first-order chi connectivity index (χ1) is 11.6. The number of hydrogen-bond acceptors (Lipinski definition) is 5. The van der Waals surface area contributed by atoms with Crippen LogP contribution in [0.25, 0.3) is 6.08 Å². The molecule has 6 heteroatoms. The lowest BCUT2D eigenvalue weighted by atomic mass is 10.2. The van der Waals surface area contributed by atoms with Crippen molar-refractivity contribution in [2.45, 2.75) is 32.6 Å². The molecule has 0 unspecified atom stereocenters. The van der Waals surface area contributed by atoms with Crippen LogP contribution in [0.4, 0.5) is 0 Å². The van der Waals surface area contributed by atoms with Crippen molar-refractivity contribution in [2.24, 2.45) is 5.73 Å². The zero-order valence-electron chi connectivity index (χ0n) is 14.3. The number of carbonyl (C=O) groups excluding carboxylic acids is 2. The van der Waals surface area contributed by atoms with Crippen molar-refractivity contribution in [1.82, 2.24) is 5.32 Å². The minimum Gasteiger partial charge on any atom is -0.493 e. The van der Waals surface area contributed by atoms with Gasteiger partial charge in [0.05, 0.1) is 7.11 Å². The third kappa shape index (κ3) is 7.78. The van der Waals surface area contributed by atoms with Gasteiger partial charge in [0.15, 0.2) is 11.5 Å². The molecule has 0 aliphatic heterocycles. The van der Waals surface area contributed by atoms with Gasteiger partial charge in [0.2, 0.25) is 5.91 Å². The van der Waals surface area contributed by atoms with E-state index >= 15 is 0 Å². The van der Waals surface area contributed by atoms with Crippen LogP contribution < -0.4 is 20.5 Å². The summed E-state index contributed by atoms with van der Waals surface area (Å²) in [5.41, 5.74) is 6.21. The van der Waals surface area contributed by atoms with Crippen molar-refractivity contribution in [3.8, 4) is 11.5 Å². The predicted octanol–water partition coefficient (Wildman–Crippen LogP) is 2.27. The highest BCUT2D eigenvalue weighted by Crippen LogP contribution is 2.28. The molecular weight excluding hydrogens is 308 g/mol. The molecule has 3 N–H and O–H groups in total. The standard InChI is InChI=1S/C18H26N2O4/c1-14(21)24-16-9-7-15(13-17(16)23-2)8-10-18(22)20-12-6-4-3-5-11-19/h7-10,13H,3-6,11-12,19H2,1-2H3,(H,20,22). The number of esters is 1. The molecule has 0 bridgehead atoms. The largest absolute Gasteiger partial charge is 0.493 e. The van der Waals surface area contributed by atoms with Crippen LogP contribution >= 0.6 is 0 Å². The summed E-state index contributed by atoms with van der Waals surface area (Å²) in [6.45, 7) is 2.70. The molecule has 0 saturated heterocycles. The van der Waals surface area contributed by atoms with Crippen LogP contribution in [0.3, 0.4) is 0 Å². The number of amides is 1. The highest BCUT2D eigenvalue weighted by atomic mass is 16.6. The summed E-state index contributed by atoms with van der Waals surface area (Å²) in [6, 6.07) is 5.08. The summed E-state index contributed by atoms with van der Waals surface area (Å²) in [6.07, 6.45) is 7.29. The van der Waals surface area contributed by atoms with Crippen LogP contribution in [0, 0.1) is 0 Å². The van der Waals surface area contributed by atoms with Gasteiger partial charge in [0.25, 0.3) is 0 Å². The van der Waals surface area contributed by atoms with Gasteiger partial charge >= 0.3 is 5.97 Å². The molecule has 0 radical (unpaired) electrons. The summed E-state index contributed by atoms with van der Waals surface area (Å²) in [7, 11) is 1.49. The van der Waals surface area contributed by atoms with E-state index in [-0.39, 0.29) is 5.91 Å². The fourth-order valence-electron chi connectivity index (χ4n) is 2.09. The molecular formula is C18H26N2O4. The van der Waals surface area contributed by atoms with E-state index in [0.29, 0.717) is 18.0 Å².